The third kappa shape index (κ3) is 3.60. The van der Waals surface area contributed by atoms with Crippen molar-refractivity contribution in [1.82, 2.24) is 0 Å². The first-order valence-corrected chi connectivity index (χ1v) is 5.93. The molecule has 6 heteroatoms. The van der Waals surface area contributed by atoms with Crippen molar-refractivity contribution in [1.29, 1.82) is 5.26 Å². The number of halogens is 3. The molecule has 0 radical (unpaired) electrons. The Hall–Kier alpha value is -2.81. The van der Waals surface area contributed by atoms with E-state index in [1.807, 2.05) is 6.07 Å². The highest BCUT2D eigenvalue weighted by Gasteiger charge is 2.12. The van der Waals surface area contributed by atoms with Crippen LogP contribution in [-0.4, -0.2) is 5.91 Å². The standard InChI is InChI=1S/C15H9F3N2O/c16-12-6-11(7-13(17)15(12)18)20-14(21)5-9-1-3-10(8-19)4-2-9/h1-4,6-7H,5H2,(H,20,21). The van der Waals surface area contributed by atoms with Crippen molar-refractivity contribution in [2.45, 2.75) is 6.42 Å². The highest BCUT2D eigenvalue weighted by molar-refractivity contribution is 5.92. The molecule has 0 spiro atoms. The molecule has 2 aromatic carbocycles. The summed E-state index contributed by atoms with van der Waals surface area (Å²) in [5, 5.41) is 10.9. The average molecular weight is 290 g/mol. The molecule has 0 saturated carbocycles. The maximum absolute atomic E-state index is 13.0. The number of hydrogen-bond donors (Lipinski definition) is 1. The molecule has 0 atom stereocenters. The van der Waals surface area contributed by atoms with E-state index in [-0.39, 0.29) is 12.1 Å². The lowest BCUT2D eigenvalue weighted by atomic mass is 10.1. The molecular weight excluding hydrogens is 281 g/mol. The Bertz CT molecular complexity index is 698. The molecule has 0 aliphatic rings. The van der Waals surface area contributed by atoms with Gasteiger partial charge in [0.1, 0.15) is 0 Å². The molecule has 0 aliphatic heterocycles. The first-order chi connectivity index (χ1) is 9.99. The fraction of sp³-hybridized carbons (Fsp3) is 0.0667. The van der Waals surface area contributed by atoms with Crippen LogP contribution in [0.15, 0.2) is 36.4 Å². The van der Waals surface area contributed by atoms with Gasteiger partial charge in [0.05, 0.1) is 18.1 Å². The first kappa shape index (κ1) is 14.6. The van der Waals surface area contributed by atoms with Crippen LogP contribution in [0.4, 0.5) is 18.9 Å². The van der Waals surface area contributed by atoms with Crippen LogP contribution in [-0.2, 0) is 11.2 Å². The number of amides is 1. The van der Waals surface area contributed by atoms with Gasteiger partial charge in [-0.15, -0.1) is 0 Å². The summed E-state index contributed by atoms with van der Waals surface area (Å²) in [5.41, 5.74) is 0.932. The van der Waals surface area contributed by atoms with Crippen molar-refractivity contribution in [2.24, 2.45) is 0 Å². The van der Waals surface area contributed by atoms with E-state index in [9.17, 15) is 18.0 Å². The van der Waals surface area contributed by atoms with Gasteiger partial charge in [0, 0.05) is 17.8 Å². The molecule has 3 nitrogen and oxygen atoms in total. The summed E-state index contributed by atoms with van der Waals surface area (Å²) in [7, 11) is 0. The molecule has 0 unspecified atom stereocenters. The predicted molar refractivity (Wildman–Crippen MR) is 69.8 cm³/mol. The van der Waals surface area contributed by atoms with Gasteiger partial charge in [0.25, 0.3) is 0 Å². The highest BCUT2D eigenvalue weighted by atomic mass is 19.2. The second-order valence-electron chi connectivity index (χ2n) is 4.29. The molecule has 2 aromatic rings. The summed E-state index contributed by atoms with van der Waals surface area (Å²) in [6.45, 7) is 0. The summed E-state index contributed by atoms with van der Waals surface area (Å²) in [6.07, 6.45) is -0.0354. The number of rotatable bonds is 3. The topological polar surface area (TPSA) is 52.9 Å². The zero-order chi connectivity index (χ0) is 15.4. The number of nitrogens with one attached hydrogen (secondary N) is 1. The van der Waals surface area contributed by atoms with E-state index < -0.39 is 23.4 Å². The number of benzene rings is 2. The van der Waals surface area contributed by atoms with Gasteiger partial charge in [-0.1, -0.05) is 12.1 Å². The Labute approximate surface area is 118 Å². The number of carbonyl (C=O) groups excluding carboxylic acids is 1. The number of nitriles is 1. The molecule has 21 heavy (non-hydrogen) atoms. The van der Waals surface area contributed by atoms with E-state index in [1.54, 1.807) is 24.3 Å². The van der Waals surface area contributed by atoms with Crippen molar-refractivity contribution in [3.63, 3.8) is 0 Å². The van der Waals surface area contributed by atoms with E-state index in [0.29, 0.717) is 23.3 Å². The SMILES string of the molecule is N#Cc1ccc(CC(=O)Nc2cc(F)c(F)c(F)c2)cc1. The van der Waals surface area contributed by atoms with Gasteiger partial charge in [-0.3, -0.25) is 4.79 Å². The first-order valence-electron chi connectivity index (χ1n) is 5.93. The van der Waals surface area contributed by atoms with Crippen LogP contribution in [0.25, 0.3) is 0 Å². The zero-order valence-electron chi connectivity index (χ0n) is 10.7. The van der Waals surface area contributed by atoms with Gasteiger partial charge in [0.15, 0.2) is 17.5 Å². The molecule has 0 bridgehead atoms. The van der Waals surface area contributed by atoms with Gasteiger partial charge in [-0.25, -0.2) is 13.2 Å². The van der Waals surface area contributed by atoms with Crippen molar-refractivity contribution in [3.05, 3.63) is 65.0 Å². The van der Waals surface area contributed by atoms with Crippen LogP contribution >= 0.6 is 0 Å². The minimum atomic E-state index is -1.58. The monoisotopic (exact) mass is 290 g/mol. The normalized spacial score (nSPS) is 10.0. The minimum Gasteiger partial charge on any atom is -0.326 e. The van der Waals surface area contributed by atoms with Gasteiger partial charge >= 0.3 is 0 Å². The van der Waals surface area contributed by atoms with Gasteiger partial charge in [-0.2, -0.15) is 5.26 Å². The van der Waals surface area contributed by atoms with E-state index in [2.05, 4.69) is 5.32 Å². The lowest BCUT2D eigenvalue weighted by molar-refractivity contribution is -0.115. The number of anilines is 1. The largest absolute Gasteiger partial charge is 0.326 e. The fourth-order valence-corrected chi connectivity index (χ4v) is 1.72. The lowest BCUT2D eigenvalue weighted by Gasteiger charge is -2.06. The zero-order valence-corrected chi connectivity index (χ0v) is 10.7. The molecule has 0 aromatic heterocycles. The minimum absolute atomic E-state index is 0.0354. The number of carbonyl (C=O) groups is 1. The Morgan fingerprint density at radius 3 is 2.19 bits per heavy atom. The highest BCUT2D eigenvalue weighted by Crippen LogP contribution is 2.17. The molecule has 0 fully saturated rings. The summed E-state index contributed by atoms with van der Waals surface area (Å²) in [5.74, 6) is -4.84. The summed E-state index contributed by atoms with van der Waals surface area (Å²) in [4.78, 5) is 11.7. The summed E-state index contributed by atoms with van der Waals surface area (Å²) < 4.78 is 38.8. The Morgan fingerprint density at radius 2 is 1.67 bits per heavy atom. The maximum atomic E-state index is 13.0. The Kier molecular flexibility index (Phi) is 4.24. The Morgan fingerprint density at radius 1 is 1.10 bits per heavy atom. The molecule has 2 rings (SSSR count). The van der Waals surface area contributed by atoms with Crippen LogP contribution in [0, 0.1) is 28.8 Å². The molecule has 1 N–H and O–H groups in total. The molecule has 0 aliphatic carbocycles. The van der Waals surface area contributed by atoms with Crippen LogP contribution < -0.4 is 5.32 Å². The van der Waals surface area contributed by atoms with Crippen molar-refractivity contribution >= 4 is 11.6 Å². The number of nitrogens with zero attached hydrogens (tertiary/aromatic N) is 1. The molecule has 0 saturated heterocycles. The second kappa shape index (κ2) is 6.09. The summed E-state index contributed by atoms with van der Waals surface area (Å²) in [6, 6.07) is 9.67. The van der Waals surface area contributed by atoms with Crippen LogP contribution in [0.1, 0.15) is 11.1 Å². The van der Waals surface area contributed by atoms with Crippen LogP contribution in [0.3, 0.4) is 0 Å². The summed E-state index contributed by atoms with van der Waals surface area (Å²) >= 11 is 0. The number of hydrogen-bond acceptors (Lipinski definition) is 2. The van der Waals surface area contributed by atoms with E-state index in [1.165, 1.54) is 0 Å². The van der Waals surface area contributed by atoms with Crippen molar-refractivity contribution < 1.29 is 18.0 Å². The van der Waals surface area contributed by atoms with Crippen LogP contribution in [0.5, 0.6) is 0 Å². The van der Waals surface area contributed by atoms with Crippen molar-refractivity contribution in [2.75, 3.05) is 5.32 Å². The predicted octanol–water partition coefficient (Wildman–Crippen LogP) is 3.16. The van der Waals surface area contributed by atoms with Gasteiger partial charge in [0.2, 0.25) is 5.91 Å². The third-order valence-electron chi connectivity index (χ3n) is 2.72. The van der Waals surface area contributed by atoms with Crippen LogP contribution in [0.2, 0.25) is 0 Å². The maximum Gasteiger partial charge on any atom is 0.228 e. The van der Waals surface area contributed by atoms with E-state index in [4.69, 9.17) is 5.26 Å². The van der Waals surface area contributed by atoms with E-state index in [0.717, 1.165) is 0 Å². The van der Waals surface area contributed by atoms with E-state index >= 15 is 0 Å². The third-order valence-corrected chi connectivity index (χ3v) is 2.72. The second-order valence-corrected chi connectivity index (χ2v) is 4.29. The average Bonchev–Trinajstić information content (AvgIpc) is 2.45. The van der Waals surface area contributed by atoms with Gasteiger partial charge < -0.3 is 5.32 Å². The molecule has 0 heterocycles. The quantitative estimate of drug-likeness (QED) is 0.883. The lowest BCUT2D eigenvalue weighted by Crippen LogP contribution is -2.15. The fourth-order valence-electron chi connectivity index (χ4n) is 1.72. The smallest absolute Gasteiger partial charge is 0.228 e. The van der Waals surface area contributed by atoms with Gasteiger partial charge in [-0.05, 0) is 17.7 Å². The molecule has 1 amide bonds. The molecule has 106 valence electrons. The van der Waals surface area contributed by atoms with Crippen molar-refractivity contribution in [3.8, 4) is 6.07 Å². The molecular formula is C15H9F3N2O. The Balaban J connectivity index is 2.06.